The van der Waals surface area contributed by atoms with Crippen LogP contribution in [0.1, 0.15) is 83.9 Å². The second kappa shape index (κ2) is 18.9. The highest BCUT2D eigenvalue weighted by Gasteiger charge is 2.42. The van der Waals surface area contributed by atoms with E-state index >= 15 is 0 Å². The Kier molecular flexibility index (Phi) is 14.6. The summed E-state index contributed by atoms with van der Waals surface area (Å²) in [6.45, 7) is 11.9. The van der Waals surface area contributed by atoms with Crippen LogP contribution in [0.3, 0.4) is 0 Å². The third-order valence-corrected chi connectivity index (χ3v) is 9.33. The highest BCUT2D eigenvalue weighted by Crippen LogP contribution is 2.44. The number of hydroxylamine groups is 2. The zero-order chi connectivity index (χ0) is 39.6. The van der Waals surface area contributed by atoms with Crippen molar-refractivity contribution >= 4 is 30.0 Å². The molecule has 3 aromatic rings. The van der Waals surface area contributed by atoms with Crippen LogP contribution >= 0.6 is 0 Å². The Bertz CT molecular complexity index is 1720. The molecule has 0 aliphatic heterocycles. The average Bonchev–Trinajstić information content (AvgIpc) is 3.44. The Morgan fingerprint density at radius 1 is 0.833 bits per heavy atom. The van der Waals surface area contributed by atoms with Gasteiger partial charge in [0.1, 0.15) is 6.61 Å². The maximum absolute atomic E-state index is 14.3. The molecule has 11 heteroatoms. The first kappa shape index (κ1) is 41.8. The molecule has 3 atom stereocenters. The van der Waals surface area contributed by atoms with Crippen molar-refractivity contribution in [2.45, 2.75) is 78.8 Å². The minimum Gasteiger partial charge on any atom is -0.481 e. The summed E-state index contributed by atoms with van der Waals surface area (Å²) in [6, 6.07) is 23.9. The maximum Gasteiger partial charge on any atom is 0.527 e. The summed E-state index contributed by atoms with van der Waals surface area (Å²) in [5, 5.41) is 23.1. The number of hydrogen-bond donors (Lipinski definition) is 3. The predicted molar refractivity (Wildman–Crippen MR) is 207 cm³/mol. The highest BCUT2D eigenvalue weighted by molar-refractivity contribution is 5.89. The molecule has 3 N–H and O–H groups in total. The summed E-state index contributed by atoms with van der Waals surface area (Å²) in [4.78, 5) is 59.9. The molecule has 0 fully saturated rings. The van der Waals surface area contributed by atoms with E-state index in [2.05, 4.69) is 5.43 Å². The number of aliphatic hydroxyl groups is 1. The summed E-state index contributed by atoms with van der Waals surface area (Å²) in [7, 11) is 0. The van der Waals surface area contributed by atoms with Crippen LogP contribution in [0.5, 0.6) is 0 Å². The maximum atomic E-state index is 14.3. The quantitative estimate of drug-likeness (QED) is 0.102. The molecule has 4 rings (SSSR count). The molecule has 0 unspecified atom stereocenters. The number of rotatable bonds is 16. The van der Waals surface area contributed by atoms with Crippen molar-refractivity contribution in [3.05, 3.63) is 102 Å². The monoisotopic (exact) mass is 741 g/mol. The number of ether oxygens (including phenoxy) is 1. The topological polar surface area (TPSA) is 146 Å². The normalized spacial score (nSPS) is 14.4. The van der Waals surface area contributed by atoms with E-state index in [1.807, 2.05) is 113 Å². The van der Waals surface area contributed by atoms with Crippen molar-refractivity contribution in [1.29, 1.82) is 0 Å². The van der Waals surface area contributed by atoms with Gasteiger partial charge in [0.2, 0.25) is 5.91 Å². The molecule has 0 bridgehead atoms. The van der Waals surface area contributed by atoms with E-state index in [0.29, 0.717) is 0 Å². The second-order valence-electron chi connectivity index (χ2n) is 15.6. The lowest BCUT2D eigenvalue weighted by atomic mass is 9.82. The summed E-state index contributed by atoms with van der Waals surface area (Å²) in [5.74, 6) is -4.92. The zero-order valence-electron chi connectivity index (χ0n) is 32.4. The second-order valence-corrected chi connectivity index (χ2v) is 15.6. The van der Waals surface area contributed by atoms with Crippen LogP contribution in [-0.4, -0.2) is 75.6 Å². The van der Waals surface area contributed by atoms with Crippen molar-refractivity contribution < 1.29 is 39.0 Å². The first-order valence-electron chi connectivity index (χ1n) is 18.6. The van der Waals surface area contributed by atoms with Crippen molar-refractivity contribution in [3.63, 3.8) is 0 Å². The Hall–Kier alpha value is -5.00. The van der Waals surface area contributed by atoms with Gasteiger partial charge in [-0.05, 0) is 73.3 Å². The number of carboxylic acids is 1. The first-order chi connectivity index (χ1) is 25.6. The number of aliphatic hydroxyl groups excluding tert-OH is 1. The fourth-order valence-electron chi connectivity index (χ4n) is 6.88. The van der Waals surface area contributed by atoms with E-state index in [-0.39, 0.29) is 43.7 Å². The van der Waals surface area contributed by atoms with E-state index in [1.54, 1.807) is 26.8 Å². The van der Waals surface area contributed by atoms with Gasteiger partial charge in [-0.3, -0.25) is 24.8 Å². The third kappa shape index (κ3) is 10.8. The Labute approximate surface area is 318 Å². The fraction of sp³-hybridized carbons (Fsp3) is 0.442. The number of carbonyl (C=O) groups is 4. The molecule has 0 saturated carbocycles. The molecule has 11 nitrogen and oxygen atoms in total. The van der Waals surface area contributed by atoms with Gasteiger partial charge in [-0.1, -0.05) is 119 Å². The van der Waals surface area contributed by atoms with Crippen molar-refractivity contribution in [1.82, 2.24) is 15.5 Å². The number of hydrazine groups is 1. The number of fused-ring (bicyclic) bond motifs is 3. The van der Waals surface area contributed by atoms with Gasteiger partial charge in [0, 0.05) is 18.0 Å². The van der Waals surface area contributed by atoms with E-state index in [0.717, 1.165) is 37.9 Å². The van der Waals surface area contributed by atoms with E-state index in [1.165, 1.54) is 0 Å². The molecule has 0 aromatic heterocycles. The Balaban J connectivity index is 1.52. The number of amides is 2. The van der Waals surface area contributed by atoms with Gasteiger partial charge < -0.3 is 19.8 Å². The predicted octanol–water partition coefficient (Wildman–Crippen LogP) is 7.31. The number of aliphatic carboxylic acids is 1. The smallest absolute Gasteiger partial charge is 0.481 e. The van der Waals surface area contributed by atoms with Gasteiger partial charge in [-0.2, -0.15) is 0 Å². The molecular weight excluding hydrogens is 686 g/mol. The molecule has 1 aliphatic carbocycles. The van der Waals surface area contributed by atoms with Crippen LogP contribution in [0, 0.1) is 23.7 Å². The standard InChI is InChI=1S/C43H55N3O8/c1-28(2)24-36(35(41(50)51)23-15-18-30-16-9-8-10-17-30)39(48)44-45(25-29(3)4)40(49)38(26-47)46(43(5,6)7)54-42(52)53-27-37-33-21-13-11-19-31(33)32-20-12-14-22-34(32)37/h8-22,28-29,35-38,47H,23-27H2,1-7H3,(H,44,48)(H,50,51)/b18-15+/t35-,36+,38+/m0/s1. The van der Waals surface area contributed by atoms with Crippen LogP contribution in [0.2, 0.25) is 0 Å². The molecule has 1 aliphatic rings. The van der Waals surface area contributed by atoms with Crippen LogP contribution in [0.25, 0.3) is 17.2 Å². The van der Waals surface area contributed by atoms with Gasteiger partial charge in [0.25, 0.3) is 5.91 Å². The van der Waals surface area contributed by atoms with Crippen molar-refractivity contribution in [2.24, 2.45) is 23.7 Å². The molecule has 54 heavy (non-hydrogen) atoms. The number of nitrogens with zero attached hydrogens (tertiary/aromatic N) is 2. The minimum absolute atomic E-state index is 0.0133. The van der Waals surface area contributed by atoms with E-state index in [9.17, 15) is 29.4 Å². The lowest BCUT2D eigenvalue weighted by Crippen LogP contribution is -2.61. The average molecular weight is 742 g/mol. The molecule has 0 spiro atoms. The van der Waals surface area contributed by atoms with Gasteiger partial charge in [-0.15, -0.1) is 5.06 Å². The molecule has 0 heterocycles. The molecule has 0 radical (unpaired) electrons. The number of nitrogens with one attached hydrogen (secondary N) is 1. The van der Waals surface area contributed by atoms with Crippen molar-refractivity contribution in [2.75, 3.05) is 19.8 Å². The molecule has 290 valence electrons. The molecule has 3 aromatic carbocycles. The number of carboxylic acid groups (broad SMARTS) is 1. The number of carbonyl (C=O) groups excluding carboxylic acids is 3. The van der Waals surface area contributed by atoms with Gasteiger partial charge >= 0.3 is 12.1 Å². The molecule has 2 amide bonds. The minimum atomic E-state index is -1.43. The fourth-order valence-corrected chi connectivity index (χ4v) is 6.88. The summed E-state index contributed by atoms with van der Waals surface area (Å²) >= 11 is 0. The number of hydrogen-bond acceptors (Lipinski definition) is 8. The Morgan fingerprint density at radius 2 is 1.41 bits per heavy atom. The summed E-state index contributed by atoms with van der Waals surface area (Å²) < 4.78 is 5.67. The van der Waals surface area contributed by atoms with Crippen molar-refractivity contribution in [3.8, 4) is 11.1 Å². The van der Waals surface area contributed by atoms with Gasteiger partial charge in [-0.25, -0.2) is 4.79 Å². The van der Waals surface area contributed by atoms with Gasteiger partial charge in [0.15, 0.2) is 6.04 Å². The van der Waals surface area contributed by atoms with Crippen LogP contribution in [-0.2, 0) is 24.0 Å². The highest BCUT2D eigenvalue weighted by atomic mass is 16.8. The van der Waals surface area contributed by atoms with Crippen LogP contribution in [0.15, 0.2) is 84.9 Å². The summed E-state index contributed by atoms with van der Waals surface area (Å²) in [5.41, 5.74) is 6.79. The molecule has 0 saturated heterocycles. The van der Waals surface area contributed by atoms with E-state index in [4.69, 9.17) is 9.57 Å². The van der Waals surface area contributed by atoms with Crippen LogP contribution < -0.4 is 5.43 Å². The number of benzene rings is 3. The Morgan fingerprint density at radius 3 is 1.93 bits per heavy atom. The largest absolute Gasteiger partial charge is 0.527 e. The SMILES string of the molecule is CC(C)C[C@@H](C(=O)NN(CC(C)C)C(=O)[C@@H](CO)N(OC(=O)OCC1c2ccccc2-c2ccccc21)C(C)(C)C)[C@H](C/C=C/c1ccccc1)C(=O)O. The van der Waals surface area contributed by atoms with Crippen LogP contribution in [0.4, 0.5) is 4.79 Å². The lowest BCUT2D eigenvalue weighted by molar-refractivity contribution is -0.215. The first-order valence-corrected chi connectivity index (χ1v) is 18.6. The zero-order valence-corrected chi connectivity index (χ0v) is 32.4. The lowest BCUT2D eigenvalue weighted by Gasteiger charge is -2.39. The summed E-state index contributed by atoms with van der Waals surface area (Å²) in [6.07, 6.45) is 2.86. The molecular formula is C43H55N3O8. The van der Waals surface area contributed by atoms with E-state index < -0.39 is 54.0 Å². The number of allylic oxidation sites excluding steroid dienone is 1. The third-order valence-electron chi connectivity index (χ3n) is 9.33. The van der Waals surface area contributed by atoms with Gasteiger partial charge in [0.05, 0.1) is 18.4 Å².